The number of nitrogens with two attached hydrogens (primary N) is 1. The second-order valence-electron chi connectivity index (χ2n) is 8.56. The number of sulfonamides is 1. The zero-order valence-electron chi connectivity index (χ0n) is 18.6. The van der Waals surface area contributed by atoms with Crippen LogP contribution < -0.4 is 20.1 Å². The Kier molecular flexibility index (Phi) is 7.05. The number of nitrogens with zero attached hydrogens (tertiary/aromatic N) is 3. The number of piperidine rings is 1. The predicted octanol–water partition coefficient (Wildman–Crippen LogP) is 3.43. The van der Waals surface area contributed by atoms with Crippen molar-refractivity contribution in [1.82, 2.24) is 9.97 Å². The smallest absolute Gasteiger partial charge is 0.304 e. The van der Waals surface area contributed by atoms with E-state index in [1.165, 1.54) is 17.0 Å². The first-order chi connectivity index (χ1) is 16.8. The molecule has 36 heavy (non-hydrogen) atoms. The van der Waals surface area contributed by atoms with Crippen molar-refractivity contribution in [2.45, 2.75) is 55.3 Å². The molecule has 9 nitrogen and oxygen atoms in total. The van der Waals surface area contributed by atoms with E-state index in [1.54, 1.807) is 0 Å². The number of pyridine rings is 2. The van der Waals surface area contributed by atoms with E-state index in [-0.39, 0.29) is 41.6 Å². The Bertz CT molecular complexity index is 1250. The Hall–Kier alpha value is -3.07. The van der Waals surface area contributed by atoms with Crippen LogP contribution >= 0.6 is 0 Å². The van der Waals surface area contributed by atoms with Crippen molar-refractivity contribution in [3.05, 3.63) is 35.5 Å². The van der Waals surface area contributed by atoms with Crippen LogP contribution in [0.25, 0.3) is 0 Å². The van der Waals surface area contributed by atoms with E-state index < -0.39 is 58.4 Å². The number of hydrogen-bond acceptors (Lipinski definition) is 7. The average Bonchev–Trinajstić information content (AvgIpc) is 3.63. The Morgan fingerprint density at radius 2 is 1.86 bits per heavy atom. The summed E-state index contributed by atoms with van der Waals surface area (Å²) in [6, 6.07) is 3.64. The summed E-state index contributed by atoms with van der Waals surface area (Å²) in [6.07, 6.45) is -5.13. The van der Waals surface area contributed by atoms with Gasteiger partial charge in [0.2, 0.25) is 5.88 Å². The highest BCUT2D eigenvalue weighted by molar-refractivity contribution is 7.89. The van der Waals surface area contributed by atoms with Crippen LogP contribution in [0.5, 0.6) is 5.88 Å². The third-order valence-electron chi connectivity index (χ3n) is 5.76. The van der Waals surface area contributed by atoms with Crippen LogP contribution in [0.15, 0.2) is 29.4 Å². The van der Waals surface area contributed by atoms with Crippen LogP contribution in [0.4, 0.5) is 33.5 Å². The van der Waals surface area contributed by atoms with Gasteiger partial charge in [0.1, 0.15) is 5.82 Å². The van der Waals surface area contributed by atoms with Gasteiger partial charge in [-0.1, -0.05) is 0 Å². The molecule has 4 rings (SSSR count). The number of rotatable bonds is 8. The molecule has 2 aromatic rings. The van der Waals surface area contributed by atoms with E-state index in [9.17, 15) is 35.2 Å². The van der Waals surface area contributed by atoms with Gasteiger partial charge in [-0.3, -0.25) is 4.79 Å². The van der Waals surface area contributed by atoms with Crippen molar-refractivity contribution in [2.75, 3.05) is 23.3 Å². The monoisotopic (exact) mass is 535 g/mol. The van der Waals surface area contributed by atoms with Gasteiger partial charge in [-0.15, -0.1) is 0 Å². The SMILES string of the molecule is NS(=O)(=O)c1cc(NC(=O)c2cc(C3CC3)c(OC(F)C(F)F)nc2N2CCC(F)(F)CC2)ccn1. The van der Waals surface area contributed by atoms with Crippen molar-refractivity contribution in [2.24, 2.45) is 5.14 Å². The molecule has 0 radical (unpaired) electrons. The normalized spacial score (nSPS) is 18.7. The molecule has 1 saturated heterocycles. The molecular weight excluding hydrogens is 513 g/mol. The first-order valence-electron chi connectivity index (χ1n) is 10.9. The molecule has 1 atom stereocenters. The maximum absolute atomic E-state index is 13.8. The number of amides is 1. The minimum Gasteiger partial charge on any atom is -0.437 e. The number of carbonyl (C=O) groups is 1. The third-order valence-corrected chi connectivity index (χ3v) is 6.56. The fourth-order valence-electron chi connectivity index (χ4n) is 3.74. The standard InChI is InChI=1S/C21H22F5N5O4S/c22-16(23)17(24)35-20-13(11-1-2-11)10-14(18(30-20)31-7-4-21(25,26)5-8-31)19(32)29-12-3-6-28-15(9-12)36(27,33)34/h3,6,9-11,16-17H,1-2,4-5,7-8H2,(H2,27,33,34)(H,28,29,32). The number of primary sulfonamides is 1. The van der Waals surface area contributed by atoms with Gasteiger partial charge in [0, 0.05) is 49.4 Å². The third kappa shape index (κ3) is 6.00. The topological polar surface area (TPSA) is 128 Å². The Morgan fingerprint density at radius 1 is 1.19 bits per heavy atom. The molecule has 196 valence electrons. The van der Waals surface area contributed by atoms with Crippen molar-refractivity contribution in [3.8, 4) is 5.88 Å². The molecule has 1 aliphatic heterocycles. The molecule has 0 bridgehead atoms. The van der Waals surface area contributed by atoms with Crippen molar-refractivity contribution >= 4 is 27.4 Å². The largest absolute Gasteiger partial charge is 0.437 e. The molecule has 2 aliphatic rings. The van der Waals surface area contributed by atoms with E-state index in [0.29, 0.717) is 12.8 Å². The second-order valence-corrected chi connectivity index (χ2v) is 10.1. The summed E-state index contributed by atoms with van der Waals surface area (Å²) < 4.78 is 94.8. The summed E-state index contributed by atoms with van der Waals surface area (Å²) in [4.78, 5) is 22.4. The molecule has 2 fully saturated rings. The van der Waals surface area contributed by atoms with Gasteiger partial charge in [-0.05, 0) is 30.9 Å². The highest BCUT2D eigenvalue weighted by Crippen LogP contribution is 2.46. The molecule has 1 amide bonds. The summed E-state index contributed by atoms with van der Waals surface area (Å²) in [7, 11) is -4.16. The van der Waals surface area contributed by atoms with Crippen LogP contribution in [0.1, 0.15) is 47.5 Å². The lowest BCUT2D eigenvalue weighted by molar-refractivity contribution is -0.0694. The van der Waals surface area contributed by atoms with Crippen molar-refractivity contribution in [3.63, 3.8) is 0 Å². The lowest BCUT2D eigenvalue weighted by Gasteiger charge is -2.34. The number of nitrogens with one attached hydrogen (secondary N) is 1. The first-order valence-corrected chi connectivity index (χ1v) is 12.5. The fourth-order valence-corrected chi connectivity index (χ4v) is 4.24. The van der Waals surface area contributed by atoms with Gasteiger partial charge in [-0.2, -0.15) is 9.37 Å². The zero-order chi connectivity index (χ0) is 26.3. The average molecular weight is 535 g/mol. The summed E-state index contributed by atoms with van der Waals surface area (Å²) >= 11 is 0. The summed E-state index contributed by atoms with van der Waals surface area (Å²) in [5.74, 6) is -4.51. The summed E-state index contributed by atoms with van der Waals surface area (Å²) in [5.41, 5.74) is 0.148. The Labute approximate surface area is 202 Å². The van der Waals surface area contributed by atoms with Crippen LogP contribution in [-0.2, 0) is 10.0 Å². The van der Waals surface area contributed by atoms with E-state index in [4.69, 9.17) is 9.88 Å². The van der Waals surface area contributed by atoms with Gasteiger partial charge in [0.25, 0.3) is 28.2 Å². The van der Waals surface area contributed by atoms with Crippen molar-refractivity contribution < 1.29 is 39.9 Å². The zero-order valence-corrected chi connectivity index (χ0v) is 19.5. The molecule has 2 aromatic heterocycles. The number of alkyl halides is 5. The number of carbonyl (C=O) groups excluding carboxylic acids is 1. The van der Waals surface area contributed by atoms with Gasteiger partial charge in [-0.25, -0.2) is 36.1 Å². The van der Waals surface area contributed by atoms with Crippen LogP contribution in [0.3, 0.4) is 0 Å². The number of halogens is 5. The quantitative estimate of drug-likeness (QED) is 0.496. The minimum absolute atomic E-state index is 0.0185. The van der Waals surface area contributed by atoms with E-state index in [2.05, 4.69) is 15.3 Å². The lowest BCUT2D eigenvalue weighted by Crippen LogP contribution is -2.40. The fraction of sp³-hybridized carbons (Fsp3) is 0.476. The highest BCUT2D eigenvalue weighted by atomic mass is 32.2. The minimum atomic E-state index is -4.16. The number of ether oxygens (including phenoxy) is 1. The summed E-state index contributed by atoms with van der Waals surface area (Å²) in [5, 5.41) is 7.05. The number of anilines is 2. The van der Waals surface area contributed by atoms with Gasteiger partial charge in [0.05, 0.1) is 5.56 Å². The predicted molar refractivity (Wildman–Crippen MR) is 118 cm³/mol. The van der Waals surface area contributed by atoms with E-state index in [1.807, 2.05) is 0 Å². The number of aromatic nitrogens is 2. The second kappa shape index (κ2) is 9.76. The van der Waals surface area contributed by atoms with Crippen LogP contribution in [0.2, 0.25) is 0 Å². The van der Waals surface area contributed by atoms with E-state index >= 15 is 0 Å². The Balaban J connectivity index is 1.73. The maximum atomic E-state index is 13.8. The molecule has 3 N–H and O–H groups in total. The molecule has 15 heteroatoms. The van der Waals surface area contributed by atoms with Crippen LogP contribution in [-0.4, -0.2) is 56.1 Å². The molecule has 1 saturated carbocycles. The van der Waals surface area contributed by atoms with Gasteiger partial charge < -0.3 is 15.0 Å². The molecule has 3 heterocycles. The molecule has 0 aromatic carbocycles. The molecule has 1 unspecified atom stereocenters. The Morgan fingerprint density at radius 3 is 2.44 bits per heavy atom. The van der Waals surface area contributed by atoms with Crippen molar-refractivity contribution in [1.29, 1.82) is 0 Å². The van der Waals surface area contributed by atoms with Gasteiger partial charge in [0.15, 0.2) is 5.03 Å². The highest BCUT2D eigenvalue weighted by Gasteiger charge is 2.38. The maximum Gasteiger partial charge on any atom is 0.304 e. The summed E-state index contributed by atoms with van der Waals surface area (Å²) in [6.45, 7) is -0.414. The van der Waals surface area contributed by atoms with Crippen LogP contribution in [0, 0.1) is 0 Å². The lowest BCUT2D eigenvalue weighted by atomic mass is 10.0. The van der Waals surface area contributed by atoms with Gasteiger partial charge >= 0.3 is 6.43 Å². The molecule has 1 aliphatic carbocycles. The first kappa shape index (κ1) is 26.0. The van der Waals surface area contributed by atoms with E-state index in [0.717, 1.165) is 12.3 Å². The molecular formula is C21H22F5N5O4S. The number of hydrogen-bond donors (Lipinski definition) is 2. The molecule has 0 spiro atoms.